The molecule has 0 aliphatic carbocycles. The van der Waals surface area contributed by atoms with Crippen LogP contribution in [-0.4, -0.2) is 62.3 Å². The van der Waals surface area contributed by atoms with Gasteiger partial charge in [0, 0.05) is 55.8 Å². The number of nitrogens with zero attached hydrogens (tertiary/aromatic N) is 4. The maximum atomic E-state index is 14.5. The van der Waals surface area contributed by atoms with E-state index in [1.807, 2.05) is 43.0 Å². The average molecular weight is 655 g/mol. The van der Waals surface area contributed by atoms with E-state index in [9.17, 15) is 17.6 Å². The van der Waals surface area contributed by atoms with Crippen molar-refractivity contribution in [2.24, 2.45) is 4.99 Å². The van der Waals surface area contributed by atoms with E-state index in [4.69, 9.17) is 19.4 Å². The number of methoxy groups -OCH3 is 2. The first kappa shape index (κ1) is 37.2. The molecular formula is C32H42F4N4O4S. The second-order valence-electron chi connectivity index (χ2n) is 9.67. The standard InChI is InChI=1S/C25H24F4N4O2S.C3H8.C2H4O2.C2H6/c1-34-19-5-3-4-18(13-19)31-8-10-32(11-9-31)24-30-22-16(15-36-23(22)26)14-33(24)20-12-17(25(27,28)29)6-7-21(20)35-2;1-3-2;1-2(3)4;1-2/h3-7,12-13,15H,8-11,14H2,1-2H3;3H2,1-2H3;1H3,(H,3,4);1-2H3. The Balaban J connectivity index is 0.000000704. The SMILES string of the molecule is CC.CC(=O)O.CCC.COc1cccc(N2CCN(C3=Nc4c(csc4F)CN3c3cc(C(F)(F)F)ccc3OC)CC2)c1. The van der Waals surface area contributed by atoms with Crippen LogP contribution in [0.1, 0.15) is 52.2 Å². The van der Waals surface area contributed by atoms with Gasteiger partial charge in [0.2, 0.25) is 11.1 Å². The number of guanidine groups is 1. The monoisotopic (exact) mass is 654 g/mol. The van der Waals surface area contributed by atoms with Crippen LogP contribution < -0.4 is 19.3 Å². The Bertz CT molecular complexity index is 1400. The number of piperazine rings is 1. The number of fused-ring (bicyclic) bond motifs is 1. The van der Waals surface area contributed by atoms with E-state index in [1.54, 1.807) is 17.4 Å². The lowest BCUT2D eigenvalue weighted by molar-refractivity contribution is -0.137. The van der Waals surface area contributed by atoms with Crippen molar-refractivity contribution in [2.75, 3.05) is 50.2 Å². The van der Waals surface area contributed by atoms with Crippen molar-refractivity contribution < 1.29 is 36.9 Å². The number of alkyl halides is 3. The maximum absolute atomic E-state index is 14.5. The molecule has 0 unspecified atom stereocenters. The van der Waals surface area contributed by atoms with Crippen molar-refractivity contribution in [1.29, 1.82) is 0 Å². The molecule has 1 saturated heterocycles. The Labute approximate surface area is 266 Å². The molecule has 0 spiro atoms. The zero-order valence-corrected chi connectivity index (χ0v) is 27.6. The Kier molecular flexibility index (Phi) is 14.4. The van der Waals surface area contributed by atoms with Crippen LogP contribution in [0.15, 0.2) is 52.8 Å². The molecule has 1 N–H and O–H groups in total. The summed E-state index contributed by atoms with van der Waals surface area (Å²) in [6.45, 7) is 11.9. The Morgan fingerprint density at radius 3 is 2.16 bits per heavy atom. The molecule has 248 valence electrons. The topological polar surface area (TPSA) is 77.8 Å². The van der Waals surface area contributed by atoms with Crippen LogP contribution in [0.5, 0.6) is 11.5 Å². The fourth-order valence-corrected chi connectivity index (χ4v) is 5.19. The van der Waals surface area contributed by atoms with Gasteiger partial charge in [0.1, 0.15) is 17.2 Å². The minimum absolute atomic E-state index is 0.183. The second kappa shape index (κ2) is 17.5. The molecule has 5 rings (SSSR count). The lowest BCUT2D eigenvalue weighted by Gasteiger charge is -2.42. The number of anilines is 2. The third kappa shape index (κ3) is 10.0. The number of carboxylic acid groups (broad SMARTS) is 1. The molecule has 3 heterocycles. The molecule has 0 atom stereocenters. The molecule has 3 aromatic rings. The minimum atomic E-state index is -4.52. The third-order valence-electron chi connectivity index (χ3n) is 6.35. The lowest BCUT2D eigenvalue weighted by Crippen LogP contribution is -2.54. The van der Waals surface area contributed by atoms with Crippen LogP contribution in [0.2, 0.25) is 0 Å². The summed E-state index contributed by atoms with van der Waals surface area (Å²) in [5.41, 5.74) is 1.33. The zero-order valence-electron chi connectivity index (χ0n) is 26.7. The fraction of sp³-hybridized carbons (Fsp3) is 0.438. The van der Waals surface area contributed by atoms with E-state index >= 15 is 0 Å². The highest BCUT2D eigenvalue weighted by atomic mass is 32.1. The summed E-state index contributed by atoms with van der Waals surface area (Å²) in [5, 5.41) is 8.66. The van der Waals surface area contributed by atoms with Crippen molar-refractivity contribution in [3.8, 4) is 11.5 Å². The lowest BCUT2D eigenvalue weighted by atomic mass is 10.1. The van der Waals surface area contributed by atoms with Gasteiger partial charge < -0.3 is 29.3 Å². The highest BCUT2D eigenvalue weighted by Crippen LogP contribution is 2.41. The van der Waals surface area contributed by atoms with Crippen molar-refractivity contribution in [3.63, 3.8) is 0 Å². The fourth-order valence-electron chi connectivity index (χ4n) is 4.47. The van der Waals surface area contributed by atoms with Crippen molar-refractivity contribution >= 4 is 40.3 Å². The number of carbonyl (C=O) groups is 1. The van der Waals surface area contributed by atoms with Gasteiger partial charge in [-0.2, -0.15) is 17.6 Å². The molecule has 2 aliphatic heterocycles. The summed E-state index contributed by atoms with van der Waals surface area (Å²) in [7, 11) is 3.03. The number of thiophene rings is 1. The number of halogens is 4. The van der Waals surface area contributed by atoms with Gasteiger partial charge in [-0.25, -0.2) is 4.99 Å². The molecule has 2 aromatic carbocycles. The summed E-state index contributed by atoms with van der Waals surface area (Å²) in [6.07, 6.45) is -3.27. The number of hydrogen-bond acceptors (Lipinski definition) is 8. The average Bonchev–Trinajstić information content (AvgIpc) is 3.40. The number of aliphatic imine (C=N–C) groups is 1. The van der Waals surface area contributed by atoms with Gasteiger partial charge in [-0.15, -0.1) is 11.3 Å². The smallest absolute Gasteiger partial charge is 0.416 e. The summed E-state index contributed by atoms with van der Waals surface area (Å²) < 4.78 is 65.9. The Morgan fingerprint density at radius 1 is 1.00 bits per heavy atom. The van der Waals surface area contributed by atoms with E-state index in [1.165, 1.54) is 19.6 Å². The van der Waals surface area contributed by atoms with Crippen LogP contribution in [0.4, 0.5) is 34.6 Å². The molecule has 8 nitrogen and oxygen atoms in total. The van der Waals surface area contributed by atoms with E-state index in [-0.39, 0.29) is 23.7 Å². The zero-order chi connectivity index (χ0) is 33.7. The molecule has 0 saturated carbocycles. The molecule has 0 bridgehead atoms. The van der Waals surface area contributed by atoms with Crippen LogP contribution >= 0.6 is 11.3 Å². The summed E-state index contributed by atoms with van der Waals surface area (Å²) in [4.78, 5) is 19.5. The largest absolute Gasteiger partial charge is 0.497 e. The summed E-state index contributed by atoms with van der Waals surface area (Å²) in [6, 6.07) is 11.1. The van der Waals surface area contributed by atoms with Crippen LogP contribution in [0.3, 0.4) is 0 Å². The van der Waals surface area contributed by atoms with Crippen molar-refractivity contribution in [3.05, 3.63) is 64.1 Å². The molecular weight excluding hydrogens is 612 g/mol. The molecule has 1 aromatic heterocycles. The molecule has 0 amide bonds. The van der Waals surface area contributed by atoms with Gasteiger partial charge in [0.05, 0.1) is 32.0 Å². The first-order valence-electron chi connectivity index (χ1n) is 14.6. The quantitative estimate of drug-likeness (QED) is 0.284. The maximum Gasteiger partial charge on any atom is 0.416 e. The normalized spacial score (nSPS) is 13.9. The summed E-state index contributed by atoms with van der Waals surface area (Å²) >= 11 is 0.934. The molecule has 13 heteroatoms. The highest BCUT2D eigenvalue weighted by Gasteiger charge is 2.35. The van der Waals surface area contributed by atoms with Crippen molar-refractivity contribution in [2.45, 2.75) is 53.8 Å². The van der Waals surface area contributed by atoms with Gasteiger partial charge in [-0.05, 0) is 30.3 Å². The van der Waals surface area contributed by atoms with E-state index in [2.05, 4.69) is 23.7 Å². The van der Waals surface area contributed by atoms with Crippen LogP contribution in [0.25, 0.3) is 0 Å². The molecule has 1 fully saturated rings. The highest BCUT2D eigenvalue weighted by molar-refractivity contribution is 7.08. The predicted molar refractivity (Wildman–Crippen MR) is 173 cm³/mol. The number of rotatable bonds is 4. The van der Waals surface area contributed by atoms with E-state index in [0.29, 0.717) is 37.7 Å². The molecule has 0 radical (unpaired) electrons. The number of aliphatic carboxylic acids is 1. The molecule has 45 heavy (non-hydrogen) atoms. The Hall–Kier alpha value is -4.00. The third-order valence-corrected chi connectivity index (χ3v) is 7.16. The van der Waals surface area contributed by atoms with Crippen LogP contribution in [-0.2, 0) is 17.5 Å². The van der Waals surface area contributed by atoms with Gasteiger partial charge in [-0.1, -0.05) is 40.2 Å². The van der Waals surface area contributed by atoms with Gasteiger partial charge in [0.25, 0.3) is 5.97 Å². The van der Waals surface area contributed by atoms with E-state index in [0.717, 1.165) is 41.8 Å². The summed E-state index contributed by atoms with van der Waals surface area (Å²) in [5.74, 6) is 0.613. The molecule has 2 aliphatic rings. The number of benzene rings is 2. The number of carboxylic acids is 1. The first-order valence-corrected chi connectivity index (χ1v) is 15.5. The Morgan fingerprint density at radius 2 is 1.60 bits per heavy atom. The van der Waals surface area contributed by atoms with Crippen LogP contribution in [0, 0.1) is 5.13 Å². The van der Waals surface area contributed by atoms with Gasteiger partial charge >= 0.3 is 6.18 Å². The second-order valence-corrected chi connectivity index (χ2v) is 10.5. The van der Waals surface area contributed by atoms with Gasteiger partial charge in [0.15, 0.2) is 0 Å². The number of hydrogen-bond donors (Lipinski definition) is 1. The van der Waals surface area contributed by atoms with Gasteiger partial charge in [-0.3, -0.25) is 4.79 Å². The van der Waals surface area contributed by atoms with E-state index < -0.39 is 22.8 Å². The predicted octanol–water partition coefficient (Wildman–Crippen LogP) is 8.29. The minimum Gasteiger partial charge on any atom is -0.497 e. The first-order chi connectivity index (χ1) is 21.4. The number of ether oxygens (including phenoxy) is 2. The van der Waals surface area contributed by atoms with Crippen molar-refractivity contribution in [1.82, 2.24) is 4.90 Å².